The van der Waals surface area contributed by atoms with Crippen LogP contribution >= 0.6 is 0 Å². The number of hydrogen-bond acceptors (Lipinski definition) is 3. The van der Waals surface area contributed by atoms with E-state index in [2.05, 4.69) is 5.32 Å². The van der Waals surface area contributed by atoms with Crippen molar-refractivity contribution >= 4 is 28.3 Å². The molecule has 5 nitrogen and oxygen atoms in total. The highest BCUT2D eigenvalue weighted by Gasteiger charge is 2.16. The van der Waals surface area contributed by atoms with Gasteiger partial charge >= 0.3 is 5.97 Å². The van der Waals surface area contributed by atoms with Crippen LogP contribution < -0.4 is 10.1 Å². The Labute approximate surface area is 173 Å². The number of aromatic carboxylic acids is 1. The SMILES string of the molecule is O=C(O)c1cc(OCc2ccccc2)ccc1NC(=O)c1cccc2ccccc12. The van der Waals surface area contributed by atoms with E-state index in [0.717, 1.165) is 16.3 Å². The molecular weight excluding hydrogens is 378 g/mol. The lowest BCUT2D eigenvalue weighted by Crippen LogP contribution is -2.15. The summed E-state index contributed by atoms with van der Waals surface area (Å²) in [5, 5.41) is 14.1. The number of carboxylic acid groups (broad SMARTS) is 1. The van der Waals surface area contributed by atoms with Crippen LogP contribution in [-0.2, 0) is 6.61 Å². The largest absolute Gasteiger partial charge is 0.489 e. The first-order valence-electron chi connectivity index (χ1n) is 9.45. The molecule has 0 saturated heterocycles. The molecule has 0 heterocycles. The van der Waals surface area contributed by atoms with Crippen LogP contribution in [0.25, 0.3) is 10.8 Å². The maximum absolute atomic E-state index is 12.9. The topological polar surface area (TPSA) is 75.6 Å². The summed E-state index contributed by atoms with van der Waals surface area (Å²) in [5.41, 5.74) is 1.64. The molecule has 0 aromatic heterocycles. The predicted octanol–water partition coefficient (Wildman–Crippen LogP) is 5.37. The first-order valence-corrected chi connectivity index (χ1v) is 9.45. The van der Waals surface area contributed by atoms with Crippen LogP contribution in [0.3, 0.4) is 0 Å². The van der Waals surface area contributed by atoms with Crippen LogP contribution in [0, 0.1) is 0 Å². The Hall–Kier alpha value is -4.12. The lowest BCUT2D eigenvalue weighted by molar-refractivity contribution is 0.0697. The van der Waals surface area contributed by atoms with E-state index in [1.54, 1.807) is 24.3 Å². The number of amides is 1. The van der Waals surface area contributed by atoms with Crippen molar-refractivity contribution < 1.29 is 19.4 Å². The van der Waals surface area contributed by atoms with Crippen molar-refractivity contribution in [1.29, 1.82) is 0 Å². The molecule has 4 rings (SSSR count). The van der Waals surface area contributed by atoms with Crippen molar-refractivity contribution in [2.24, 2.45) is 0 Å². The van der Waals surface area contributed by atoms with Gasteiger partial charge in [0.25, 0.3) is 5.91 Å². The van der Waals surface area contributed by atoms with Crippen molar-refractivity contribution in [3.05, 3.63) is 108 Å². The molecular formula is C25H19NO4. The van der Waals surface area contributed by atoms with E-state index in [9.17, 15) is 14.7 Å². The Morgan fingerprint density at radius 1 is 0.800 bits per heavy atom. The number of benzene rings is 4. The fourth-order valence-corrected chi connectivity index (χ4v) is 3.25. The maximum atomic E-state index is 12.9. The lowest BCUT2D eigenvalue weighted by Gasteiger charge is -2.13. The molecule has 0 saturated carbocycles. The highest BCUT2D eigenvalue weighted by atomic mass is 16.5. The van der Waals surface area contributed by atoms with E-state index in [1.807, 2.05) is 60.7 Å². The molecule has 2 N–H and O–H groups in total. The number of anilines is 1. The van der Waals surface area contributed by atoms with E-state index in [1.165, 1.54) is 6.07 Å². The van der Waals surface area contributed by atoms with Gasteiger partial charge < -0.3 is 15.2 Å². The van der Waals surface area contributed by atoms with Crippen molar-refractivity contribution in [1.82, 2.24) is 0 Å². The number of nitrogens with one attached hydrogen (secondary N) is 1. The maximum Gasteiger partial charge on any atom is 0.337 e. The minimum atomic E-state index is -1.15. The fraction of sp³-hybridized carbons (Fsp3) is 0.0400. The van der Waals surface area contributed by atoms with Crippen LogP contribution in [0.5, 0.6) is 5.75 Å². The van der Waals surface area contributed by atoms with Gasteiger partial charge in [-0.15, -0.1) is 0 Å². The molecule has 0 aliphatic heterocycles. The molecule has 0 radical (unpaired) electrons. The summed E-state index contributed by atoms with van der Waals surface area (Å²) in [5.74, 6) is -1.10. The molecule has 0 aliphatic carbocycles. The first kappa shape index (κ1) is 19.2. The predicted molar refractivity (Wildman–Crippen MR) is 116 cm³/mol. The third-order valence-electron chi connectivity index (χ3n) is 4.75. The van der Waals surface area contributed by atoms with Gasteiger partial charge in [0.1, 0.15) is 12.4 Å². The Kier molecular flexibility index (Phi) is 5.44. The van der Waals surface area contributed by atoms with Gasteiger partial charge in [-0.1, -0.05) is 66.7 Å². The Morgan fingerprint density at radius 3 is 2.33 bits per heavy atom. The second-order valence-corrected chi connectivity index (χ2v) is 6.77. The summed E-state index contributed by atoms with van der Waals surface area (Å²) in [4.78, 5) is 24.6. The summed E-state index contributed by atoms with van der Waals surface area (Å²) in [7, 11) is 0. The number of carboxylic acids is 1. The first-order chi connectivity index (χ1) is 14.6. The standard InChI is InChI=1S/C25H19NO4/c27-24(21-12-6-10-18-9-4-5-11-20(18)21)26-23-14-13-19(15-22(23)25(28)29)30-16-17-7-2-1-3-8-17/h1-15H,16H2,(H,26,27)(H,28,29). The number of hydrogen-bond donors (Lipinski definition) is 2. The van der Waals surface area contributed by atoms with E-state index >= 15 is 0 Å². The van der Waals surface area contributed by atoms with Gasteiger partial charge in [0.05, 0.1) is 11.3 Å². The Morgan fingerprint density at radius 2 is 1.53 bits per heavy atom. The summed E-state index contributed by atoms with van der Waals surface area (Å²) in [6.07, 6.45) is 0. The van der Waals surface area contributed by atoms with Gasteiger partial charge in [-0.3, -0.25) is 4.79 Å². The van der Waals surface area contributed by atoms with Crippen LogP contribution in [0.4, 0.5) is 5.69 Å². The van der Waals surface area contributed by atoms with Crippen molar-refractivity contribution in [3.8, 4) is 5.75 Å². The second kappa shape index (κ2) is 8.49. The molecule has 1 amide bonds. The highest BCUT2D eigenvalue weighted by molar-refractivity contribution is 6.14. The highest BCUT2D eigenvalue weighted by Crippen LogP contribution is 2.25. The summed E-state index contributed by atoms with van der Waals surface area (Å²) < 4.78 is 5.71. The minimum Gasteiger partial charge on any atom is -0.489 e. The van der Waals surface area contributed by atoms with Gasteiger partial charge in [-0.2, -0.15) is 0 Å². The molecule has 0 atom stereocenters. The number of carbonyl (C=O) groups excluding carboxylic acids is 1. The zero-order valence-corrected chi connectivity index (χ0v) is 16.0. The van der Waals surface area contributed by atoms with Crippen molar-refractivity contribution in [2.75, 3.05) is 5.32 Å². The van der Waals surface area contributed by atoms with E-state index in [0.29, 0.717) is 17.9 Å². The molecule has 0 fully saturated rings. The number of carbonyl (C=O) groups is 2. The zero-order valence-electron chi connectivity index (χ0n) is 16.0. The summed E-state index contributed by atoms with van der Waals surface area (Å²) >= 11 is 0. The van der Waals surface area contributed by atoms with Gasteiger partial charge in [0.15, 0.2) is 0 Å². The van der Waals surface area contributed by atoms with Gasteiger partial charge in [-0.05, 0) is 40.6 Å². The molecule has 0 aliphatic rings. The smallest absolute Gasteiger partial charge is 0.337 e. The van der Waals surface area contributed by atoms with E-state index in [4.69, 9.17) is 4.74 Å². The average molecular weight is 397 g/mol. The van der Waals surface area contributed by atoms with Crippen molar-refractivity contribution in [2.45, 2.75) is 6.61 Å². The van der Waals surface area contributed by atoms with Crippen LogP contribution in [-0.4, -0.2) is 17.0 Å². The third-order valence-corrected chi connectivity index (χ3v) is 4.75. The monoisotopic (exact) mass is 397 g/mol. The average Bonchev–Trinajstić information content (AvgIpc) is 2.78. The molecule has 4 aromatic rings. The number of fused-ring (bicyclic) bond motifs is 1. The van der Waals surface area contributed by atoms with Gasteiger partial charge in [-0.25, -0.2) is 4.79 Å². The Bertz CT molecular complexity index is 1210. The summed E-state index contributed by atoms with van der Waals surface area (Å²) in [6.45, 7) is 0.321. The lowest BCUT2D eigenvalue weighted by atomic mass is 10.0. The zero-order chi connectivity index (χ0) is 20.9. The van der Waals surface area contributed by atoms with E-state index in [-0.39, 0.29) is 17.2 Å². The normalized spacial score (nSPS) is 10.5. The molecule has 0 bridgehead atoms. The quantitative estimate of drug-likeness (QED) is 0.459. The molecule has 0 unspecified atom stereocenters. The fourth-order valence-electron chi connectivity index (χ4n) is 3.25. The molecule has 5 heteroatoms. The number of rotatable bonds is 6. The van der Waals surface area contributed by atoms with Crippen molar-refractivity contribution in [3.63, 3.8) is 0 Å². The molecule has 30 heavy (non-hydrogen) atoms. The van der Waals surface area contributed by atoms with Crippen LogP contribution in [0.2, 0.25) is 0 Å². The second-order valence-electron chi connectivity index (χ2n) is 6.77. The van der Waals surface area contributed by atoms with Gasteiger partial charge in [0, 0.05) is 5.56 Å². The molecule has 0 spiro atoms. The molecule has 148 valence electrons. The Balaban J connectivity index is 1.57. The summed E-state index contributed by atoms with van der Waals surface area (Å²) in [6, 6.07) is 27.2. The number of ether oxygens (including phenoxy) is 1. The van der Waals surface area contributed by atoms with Crippen LogP contribution in [0.15, 0.2) is 91.0 Å². The third kappa shape index (κ3) is 4.15. The van der Waals surface area contributed by atoms with E-state index < -0.39 is 5.97 Å². The van der Waals surface area contributed by atoms with Crippen LogP contribution in [0.1, 0.15) is 26.3 Å². The van der Waals surface area contributed by atoms with Gasteiger partial charge in [0.2, 0.25) is 0 Å². The minimum absolute atomic E-state index is 0.0332. The molecule has 4 aromatic carbocycles.